The Bertz CT molecular complexity index is 509. The number of aliphatic carboxylic acids is 1. The van der Waals surface area contributed by atoms with Gasteiger partial charge in [0.1, 0.15) is 11.6 Å². The smallest absolute Gasteiger partial charge is 0.303 e. The molecule has 0 atom stereocenters. The Hall–Kier alpha value is -1.98. The zero-order valence-electron chi connectivity index (χ0n) is 7.72. The Kier molecular flexibility index (Phi) is 2.32. The van der Waals surface area contributed by atoms with Crippen molar-refractivity contribution in [2.75, 3.05) is 0 Å². The maximum atomic E-state index is 12.9. The number of carboxylic acid groups (broad SMARTS) is 1. The molecule has 6 heteroatoms. The van der Waals surface area contributed by atoms with Crippen LogP contribution in [0.5, 0.6) is 0 Å². The Balaban J connectivity index is 2.35. The third-order valence-corrected chi connectivity index (χ3v) is 2.00. The van der Waals surface area contributed by atoms with Crippen molar-refractivity contribution in [3.63, 3.8) is 0 Å². The van der Waals surface area contributed by atoms with Crippen molar-refractivity contribution in [3.8, 4) is 0 Å². The number of rotatable bonds is 3. The van der Waals surface area contributed by atoms with Gasteiger partial charge in [0.2, 0.25) is 0 Å². The molecule has 1 N–H and O–H groups in total. The average molecular weight is 209 g/mol. The van der Waals surface area contributed by atoms with E-state index in [9.17, 15) is 9.18 Å². The van der Waals surface area contributed by atoms with Gasteiger partial charge in [0.15, 0.2) is 5.65 Å². The Labute approximate surface area is 84.2 Å². The van der Waals surface area contributed by atoms with Gasteiger partial charge in [-0.2, -0.15) is 0 Å². The second kappa shape index (κ2) is 3.64. The van der Waals surface area contributed by atoms with Crippen LogP contribution in [0.25, 0.3) is 5.65 Å². The van der Waals surface area contributed by atoms with Crippen molar-refractivity contribution in [1.82, 2.24) is 14.6 Å². The number of fused-ring (bicyclic) bond motifs is 1. The number of hydrogen-bond acceptors (Lipinski definition) is 3. The lowest BCUT2D eigenvalue weighted by Gasteiger charge is -1.97. The second-order valence-electron chi connectivity index (χ2n) is 3.09. The average Bonchev–Trinajstić information content (AvgIpc) is 2.57. The Morgan fingerprint density at radius 3 is 3.00 bits per heavy atom. The quantitative estimate of drug-likeness (QED) is 0.814. The number of carbonyl (C=O) groups is 1. The van der Waals surface area contributed by atoms with Gasteiger partial charge in [-0.15, -0.1) is 10.2 Å². The molecular weight excluding hydrogens is 201 g/mol. The van der Waals surface area contributed by atoms with Gasteiger partial charge in [0.05, 0.1) is 6.42 Å². The van der Waals surface area contributed by atoms with Crippen LogP contribution in [0, 0.1) is 5.82 Å². The zero-order chi connectivity index (χ0) is 10.8. The molecule has 2 aromatic rings. The fourth-order valence-electron chi connectivity index (χ4n) is 1.30. The first-order valence-corrected chi connectivity index (χ1v) is 4.38. The van der Waals surface area contributed by atoms with E-state index in [1.165, 1.54) is 22.7 Å². The van der Waals surface area contributed by atoms with Crippen molar-refractivity contribution < 1.29 is 14.3 Å². The predicted molar refractivity (Wildman–Crippen MR) is 48.9 cm³/mol. The van der Waals surface area contributed by atoms with Gasteiger partial charge < -0.3 is 5.11 Å². The van der Waals surface area contributed by atoms with Crippen molar-refractivity contribution in [2.45, 2.75) is 12.8 Å². The third-order valence-electron chi connectivity index (χ3n) is 2.00. The molecule has 0 saturated heterocycles. The van der Waals surface area contributed by atoms with Gasteiger partial charge in [-0.25, -0.2) is 4.39 Å². The maximum absolute atomic E-state index is 12.9. The molecule has 15 heavy (non-hydrogen) atoms. The summed E-state index contributed by atoms with van der Waals surface area (Å²) in [6.45, 7) is 0. The van der Waals surface area contributed by atoms with E-state index in [0.717, 1.165) is 0 Å². The Morgan fingerprint density at radius 2 is 2.27 bits per heavy atom. The minimum absolute atomic E-state index is 0.0443. The molecule has 0 bridgehead atoms. The summed E-state index contributed by atoms with van der Waals surface area (Å²) in [5.41, 5.74) is 0.511. The van der Waals surface area contributed by atoms with Gasteiger partial charge >= 0.3 is 5.97 Å². The van der Waals surface area contributed by atoms with Gasteiger partial charge in [-0.1, -0.05) is 0 Å². The van der Waals surface area contributed by atoms with Crippen molar-refractivity contribution >= 4 is 11.6 Å². The molecule has 5 nitrogen and oxygen atoms in total. The van der Waals surface area contributed by atoms with Crippen molar-refractivity contribution in [2.24, 2.45) is 0 Å². The number of pyridine rings is 1. The largest absolute Gasteiger partial charge is 0.481 e. The lowest BCUT2D eigenvalue weighted by Crippen LogP contribution is -2.01. The van der Waals surface area contributed by atoms with E-state index in [1.54, 1.807) is 0 Å². The van der Waals surface area contributed by atoms with Crippen LogP contribution in [0.15, 0.2) is 18.3 Å². The van der Waals surface area contributed by atoms with Crippen LogP contribution >= 0.6 is 0 Å². The van der Waals surface area contributed by atoms with Crippen LogP contribution in [0.1, 0.15) is 12.2 Å². The van der Waals surface area contributed by atoms with Crippen LogP contribution < -0.4 is 0 Å². The summed E-state index contributed by atoms with van der Waals surface area (Å²) in [5.74, 6) is -0.867. The number of hydrogen-bond donors (Lipinski definition) is 1. The highest BCUT2D eigenvalue weighted by atomic mass is 19.1. The van der Waals surface area contributed by atoms with Crippen molar-refractivity contribution in [1.29, 1.82) is 0 Å². The number of aryl methyl sites for hydroxylation is 1. The number of aromatic nitrogens is 3. The maximum Gasteiger partial charge on any atom is 0.303 e. The lowest BCUT2D eigenvalue weighted by molar-refractivity contribution is -0.137. The monoisotopic (exact) mass is 209 g/mol. The van der Waals surface area contributed by atoms with E-state index in [-0.39, 0.29) is 12.8 Å². The first kappa shape index (κ1) is 9.57. The van der Waals surface area contributed by atoms with E-state index in [2.05, 4.69) is 10.2 Å². The molecular formula is C9H8FN3O2. The van der Waals surface area contributed by atoms with E-state index < -0.39 is 11.8 Å². The molecule has 2 heterocycles. The van der Waals surface area contributed by atoms with Gasteiger partial charge in [-0.05, 0) is 12.1 Å². The van der Waals surface area contributed by atoms with Crippen LogP contribution in [0.2, 0.25) is 0 Å². The first-order valence-electron chi connectivity index (χ1n) is 4.38. The summed E-state index contributed by atoms with van der Waals surface area (Å²) in [5, 5.41) is 16.1. The summed E-state index contributed by atoms with van der Waals surface area (Å²) in [4.78, 5) is 10.4. The van der Waals surface area contributed by atoms with Crippen LogP contribution in [-0.4, -0.2) is 25.7 Å². The van der Waals surface area contributed by atoms with Gasteiger partial charge in [-0.3, -0.25) is 9.20 Å². The van der Waals surface area contributed by atoms with Gasteiger partial charge in [0.25, 0.3) is 0 Å². The van der Waals surface area contributed by atoms with Crippen molar-refractivity contribution in [3.05, 3.63) is 30.0 Å². The molecule has 0 aromatic carbocycles. The minimum Gasteiger partial charge on any atom is -0.481 e. The topological polar surface area (TPSA) is 67.5 Å². The first-order chi connectivity index (χ1) is 7.16. The fourth-order valence-corrected chi connectivity index (χ4v) is 1.30. The summed E-state index contributed by atoms with van der Waals surface area (Å²) in [6, 6.07) is 2.78. The molecule has 0 aliphatic carbocycles. The fraction of sp³-hybridized carbons (Fsp3) is 0.222. The number of nitrogens with zero attached hydrogens (tertiary/aromatic N) is 3. The van der Waals surface area contributed by atoms with Gasteiger partial charge in [0, 0.05) is 12.6 Å². The third kappa shape index (κ3) is 1.93. The minimum atomic E-state index is -0.914. The molecule has 2 aromatic heterocycles. The molecule has 0 saturated carbocycles. The summed E-state index contributed by atoms with van der Waals surface area (Å²) < 4.78 is 14.4. The molecule has 0 radical (unpaired) electrons. The molecule has 0 fully saturated rings. The molecule has 0 aliphatic heterocycles. The molecule has 2 rings (SSSR count). The highest BCUT2D eigenvalue weighted by molar-refractivity contribution is 5.66. The second-order valence-corrected chi connectivity index (χ2v) is 3.09. The van der Waals surface area contributed by atoms with E-state index in [0.29, 0.717) is 11.5 Å². The summed E-state index contributed by atoms with van der Waals surface area (Å²) in [6.07, 6.45) is 1.43. The highest BCUT2D eigenvalue weighted by Crippen LogP contribution is 2.07. The summed E-state index contributed by atoms with van der Waals surface area (Å²) in [7, 11) is 0. The lowest BCUT2D eigenvalue weighted by atomic mass is 10.3. The summed E-state index contributed by atoms with van der Waals surface area (Å²) >= 11 is 0. The predicted octanol–water partition coefficient (Wildman–Crippen LogP) is 0.886. The molecule has 0 amide bonds. The highest BCUT2D eigenvalue weighted by Gasteiger charge is 2.07. The number of halogens is 1. The molecule has 0 aliphatic rings. The molecule has 0 unspecified atom stereocenters. The van der Waals surface area contributed by atoms with E-state index in [1.807, 2.05) is 0 Å². The molecule has 78 valence electrons. The van der Waals surface area contributed by atoms with Crippen LogP contribution in [0.3, 0.4) is 0 Å². The normalized spacial score (nSPS) is 10.7. The van der Waals surface area contributed by atoms with E-state index >= 15 is 0 Å². The van der Waals surface area contributed by atoms with Crippen LogP contribution in [0.4, 0.5) is 4.39 Å². The Morgan fingerprint density at radius 1 is 1.47 bits per heavy atom. The standard InChI is InChI=1S/C9H8FN3O2/c10-6-1-2-7-11-12-8(13(7)5-6)3-4-9(14)15/h1-2,5H,3-4H2,(H,14,15). The SMILES string of the molecule is O=C(O)CCc1nnc2ccc(F)cn12. The zero-order valence-corrected chi connectivity index (χ0v) is 7.72. The number of carboxylic acids is 1. The van der Waals surface area contributed by atoms with E-state index in [4.69, 9.17) is 5.11 Å². The van der Waals surface area contributed by atoms with Crippen LogP contribution in [-0.2, 0) is 11.2 Å². The molecule has 0 spiro atoms.